The maximum absolute atomic E-state index is 13.6. The molecule has 1 aliphatic carbocycles. The smallest absolute Gasteiger partial charge is 0.420 e. The first-order valence-electron chi connectivity index (χ1n) is 9.00. The molecule has 3 rings (SSSR count). The second kappa shape index (κ2) is 7.27. The van der Waals surface area contributed by atoms with Gasteiger partial charge in [-0.15, -0.1) is 0 Å². The molecule has 10 heteroatoms. The first-order chi connectivity index (χ1) is 12.9. The van der Waals surface area contributed by atoms with Gasteiger partial charge in [-0.3, -0.25) is 0 Å². The Morgan fingerprint density at radius 1 is 1.21 bits per heavy atom. The van der Waals surface area contributed by atoms with Crippen LogP contribution >= 0.6 is 0 Å². The highest BCUT2D eigenvalue weighted by molar-refractivity contribution is 5.78. The van der Waals surface area contributed by atoms with Gasteiger partial charge in [0.05, 0.1) is 6.10 Å². The number of rotatable bonds is 5. The maximum atomic E-state index is 13.6. The average molecular weight is 404 g/mol. The summed E-state index contributed by atoms with van der Waals surface area (Å²) in [5.74, 6) is -0.0661. The van der Waals surface area contributed by atoms with Crippen LogP contribution in [0.3, 0.4) is 0 Å². The van der Waals surface area contributed by atoms with Gasteiger partial charge in [-0.2, -0.15) is 13.2 Å². The number of alkyl halides is 3. The van der Waals surface area contributed by atoms with E-state index in [-0.39, 0.29) is 22.9 Å². The Morgan fingerprint density at radius 3 is 2.39 bits per heavy atom. The van der Waals surface area contributed by atoms with Gasteiger partial charge in [-0.25, -0.2) is 9.88 Å². The van der Waals surface area contributed by atoms with Crippen LogP contribution in [-0.4, -0.2) is 48.6 Å². The number of hydrogen-bond donors (Lipinski definition) is 4. The van der Waals surface area contributed by atoms with Crippen LogP contribution in [0.4, 0.5) is 13.2 Å². The largest absolute Gasteiger partial charge is 0.440 e. The van der Waals surface area contributed by atoms with Gasteiger partial charge < -0.3 is 24.8 Å². The van der Waals surface area contributed by atoms with Gasteiger partial charge >= 0.3 is 12.3 Å². The van der Waals surface area contributed by atoms with Crippen LogP contribution in [0.15, 0.2) is 16.5 Å². The summed E-state index contributed by atoms with van der Waals surface area (Å²) in [4.78, 5) is 4.88. The maximum Gasteiger partial charge on any atom is 0.420 e. The van der Waals surface area contributed by atoms with Crippen LogP contribution in [0.2, 0.25) is 0 Å². The van der Waals surface area contributed by atoms with Crippen LogP contribution < -0.4 is 0 Å². The SMILES string of the molecule is CC(C)c1nc2cc(CN(C3CCCC3O)C(O)(O)O)cc(C(F)(F)F)c2o1. The molecule has 2 aromatic rings. The molecule has 7 nitrogen and oxygen atoms in total. The van der Waals surface area contributed by atoms with E-state index in [0.717, 1.165) is 11.0 Å². The minimum atomic E-state index is -4.71. The minimum absolute atomic E-state index is 0.0140. The fraction of sp³-hybridized carbons (Fsp3) is 0.611. The number of benzene rings is 1. The Bertz CT molecular complexity index is 844. The normalized spacial score (nSPS) is 21.4. The first-order valence-corrected chi connectivity index (χ1v) is 9.00. The molecule has 0 spiro atoms. The van der Waals surface area contributed by atoms with Crippen LogP contribution in [0.5, 0.6) is 0 Å². The number of aliphatic hydroxyl groups is 4. The second-order valence-corrected chi connectivity index (χ2v) is 7.49. The Hall–Kier alpha value is -1.72. The van der Waals surface area contributed by atoms with E-state index in [2.05, 4.69) is 4.98 Å². The molecule has 0 radical (unpaired) electrons. The highest BCUT2D eigenvalue weighted by atomic mass is 19.4. The highest BCUT2D eigenvalue weighted by Gasteiger charge is 2.42. The Morgan fingerprint density at radius 2 is 1.89 bits per heavy atom. The number of hydrogen-bond acceptors (Lipinski definition) is 7. The summed E-state index contributed by atoms with van der Waals surface area (Å²) in [6.45, 7) is 3.04. The third-order valence-corrected chi connectivity index (χ3v) is 4.95. The quantitative estimate of drug-likeness (QED) is 0.566. The highest BCUT2D eigenvalue weighted by Crippen LogP contribution is 2.38. The fourth-order valence-electron chi connectivity index (χ4n) is 3.58. The van der Waals surface area contributed by atoms with Gasteiger partial charge in [0.1, 0.15) is 11.1 Å². The molecule has 1 aliphatic rings. The standard InChI is InChI=1S/C18H23F3N2O5/c1-9(2)16-22-12-7-10(6-11(15(12)28-16)17(19,20)21)8-23(18(25,26)27)13-4-3-5-14(13)24/h6-7,9,13-14,24-27H,3-5,8H2,1-2H3. The molecule has 1 aromatic carbocycles. The van der Waals surface area contributed by atoms with Crippen molar-refractivity contribution in [2.24, 2.45) is 0 Å². The summed E-state index contributed by atoms with van der Waals surface area (Å²) in [6, 6.07) is 1.37. The van der Waals surface area contributed by atoms with Crippen molar-refractivity contribution in [3.8, 4) is 0 Å². The summed E-state index contributed by atoms with van der Waals surface area (Å²) in [7, 11) is 0. The van der Waals surface area contributed by atoms with Gasteiger partial charge in [-0.05, 0) is 37.0 Å². The number of oxazole rings is 1. The average Bonchev–Trinajstić information content (AvgIpc) is 3.15. The molecule has 1 fully saturated rings. The van der Waals surface area contributed by atoms with Crippen molar-refractivity contribution >= 4 is 11.1 Å². The number of fused-ring (bicyclic) bond motifs is 1. The van der Waals surface area contributed by atoms with E-state index in [1.807, 2.05) is 0 Å². The van der Waals surface area contributed by atoms with E-state index in [9.17, 15) is 33.6 Å². The summed E-state index contributed by atoms with van der Waals surface area (Å²) in [6.07, 6.45) is -7.60. The molecule has 0 aliphatic heterocycles. The zero-order valence-corrected chi connectivity index (χ0v) is 15.4. The lowest BCUT2D eigenvalue weighted by molar-refractivity contribution is -0.406. The van der Waals surface area contributed by atoms with E-state index in [4.69, 9.17) is 4.42 Å². The predicted octanol–water partition coefficient (Wildman–Crippen LogP) is 2.27. The predicted molar refractivity (Wildman–Crippen MR) is 91.7 cm³/mol. The lowest BCUT2D eigenvalue weighted by Crippen LogP contribution is -2.55. The number of aromatic nitrogens is 1. The summed E-state index contributed by atoms with van der Waals surface area (Å²) in [5, 5.41) is 39.2. The second-order valence-electron chi connectivity index (χ2n) is 7.49. The fourth-order valence-corrected chi connectivity index (χ4v) is 3.58. The summed E-state index contributed by atoms with van der Waals surface area (Å²) in [5.41, 5.74) is -1.40. The number of nitrogens with zero attached hydrogens (tertiary/aromatic N) is 2. The zero-order chi connectivity index (χ0) is 20.9. The molecule has 0 amide bonds. The Labute approximate surface area is 159 Å². The Kier molecular flexibility index (Phi) is 5.45. The molecular weight excluding hydrogens is 381 g/mol. The number of halogens is 3. The first kappa shape index (κ1) is 21.0. The topological polar surface area (TPSA) is 110 Å². The molecule has 1 saturated carbocycles. The van der Waals surface area contributed by atoms with Gasteiger partial charge in [0.25, 0.3) is 0 Å². The van der Waals surface area contributed by atoms with Crippen LogP contribution in [0.25, 0.3) is 11.1 Å². The molecule has 1 aromatic heterocycles. The molecule has 28 heavy (non-hydrogen) atoms. The molecule has 0 bridgehead atoms. The van der Waals surface area contributed by atoms with Crippen molar-refractivity contribution in [1.29, 1.82) is 0 Å². The van der Waals surface area contributed by atoms with Gasteiger partial charge in [0, 0.05) is 18.5 Å². The van der Waals surface area contributed by atoms with E-state index in [1.54, 1.807) is 13.8 Å². The van der Waals surface area contributed by atoms with Crippen molar-refractivity contribution in [1.82, 2.24) is 9.88 Å². The summed E-state index contributed by atoms with van der Waals surface area (Å²) >= 11 is 0. The molecule has 4 N–H and O–H groups in total. The van der Waals surface area contributed by atoms with Crippen molar-refractivity contribution in [3.05, 3.63) is 29.2 Å². The summed E-state index contributed by atoms with van der Waals surface area (Å²) < 4.78 is 46.0. The molecule has 156 valence electrons. The van der Waals surface area contributed by atoms with Gasteiger partial charge in [0.2, 0.25) is 0 Å². The molecular formula is C18H23F3N2O5. The van der Waals surface area contributed by atoms with E-state index in [0.29, 0.717) is 19.3 Å². The van der Waals surface area contributed by atoms with Gasteiger partial charge in [0.15, 0.2) is 11.5 Å². The lowest BCUT2D eigenvalue weighted by atomic mass is 10.1. The third kappa shape index (κ3) is 4.15. The third-order valence-electron chi connectivity index (χ3n) is 4.95. The van der Waals surface area contributed by atoms with E-state index < -0.39 is 42.1 Å². The van der Waals surface area contributed by atoms with E-state index in [1.165, 1.54) is 6.07 Å². The number of aliphatic hydroxyl groups excluding tert-OH is 1. The van der Waals surface area contributed by atoms with Crippen molar-refractivity contribution in [2.75, 3.05) is 0 Å². The zero-order valence-electron chi connectivity index (χ0n) is 15.4. The monoisotopic (exact) mass is 404 g/mol. The van der Waals surface area contributed by atoms with E-state index >= 15 is 0 Å². The van der Waals surface area contributed by atoms with Crippen LogP contribution in [0.1, 0.15) is 56.0 Å². The Balaban J connectivity index is 2.06. The van der Waals surface area contributed by atoms with Crippen LogP contribution in [-0.2, 0) is 12.7 Å². The van der Waals surface area contributed by atoms with Crippen molar-refractivity contribution in [3.63, 3.8) is 0 Å². The van der Waals surface area contributed by atoms with Crippen molar-refractivity contribution < 1.29 is 38.0 Å². The van der Waals surface area contributed by atoms with Gasteiger partial charge in [-0.1, -0.05) is 13.8 Å². The molecule has 1 heterocycles. The molecule has 2 unspecified atom stereocenters. The molecule has 0 saturated heterocycles. The lowest BCUT2D eigenvalue weighted by Gasteiger charge is -2.36. The molecule has 2 atom stereocenters. The minimum Gasteiger partial charge on any atom is -0.440 e. The van der Waals surface area contributed by atoms with Crippen molar-refractivity contribution in [2.45, 2.75) is 70.0 Å². The van der Waals surface area contributed by atoms with Crippen LogP contribution in [0, 0.1) is 0 Å².